The molecule has 2 fully saturated rings. The van der Waals surface area contributed by atoms with Crippen molar-refractivity contribution in [3.05, 3.63) is 71.3 Å². The van der Waals surface area contributed by atoms with E-state index in [4.69, 9.17) is 28.4 Å². The molecule has 1 saturated carbocycles. The largest absolute Gasteiger partial charge is 0.508 e. The number of methoxy groups -OCH3 is 4. The van der Waals surface area contributed by atoms with Gasteiger partial charge in [-0.1, -0.05) is 37.5 Å². The lowest BCUT2D eigenvalue weighted by atomic mass is 9.75. The third kappa shape index (κ3) is 9.87. The van der Waals surface area contributed by atoms with Crippen LogP contribution in [-0.4, -0.2) is 81.2 Å². The molecule has 1 amide bonds. The van der Waals surface area contributed by atoms with Gasteiger partial charge in [-0.2, -0.15) is 0 Å². The van der Waals surface area contributed by atoms with E-state index in [0.717, 1.165) is 56.1 Å². The van der Waals surface area contributed by atoms with Crippen molar-refractivity contribution in [2.75, 3.05) is 48.2 Å². The Labute approximate surface area is 313 Å². The number of aliphatic hydroxyl groups is 1. The van der Waals surface area contributed by atoms with E-state index in [-0.39, 0.29) is 30.8 Å². The molecule has 0 bridgehead atoms. The smallest absolute Gasteiger partial charge is 0.329 e. The number of piperidine rings is 1. The van der Waals surface area contributed by atoms with Crippen molar-refractivity contribution in [3.8, 4) is 34.5 Å². The van der Waals surface area contributed by atoms with Gasteiger partial charge >= 0.3 is 5.97 Å². The number of aryl methyl sites for hydroxylation is 1. The lowest BCUT2D eigenvalue weighted by Gasteiger charge is -2.40. The number of phenols is 1. The van der Waals surface area contributed by atoms with Crippen LogP contribution in [0.15, 0.2) is 54.6 Å². The first-order chi connectivity index (χ1) is 25.8. The number of hydrogen-bond acceptors (Lipinski definition) is 10. The summed E-state index contributed by atoms with van der Waals surface area (Å²) in [6, 6.07) is 15.4. The van der Waals surface area contributed by atoms with E-state index in [1.165, 1.54) is 0 Å². The predicted octanol–water partition coefficient (Wildman–Crippen LogP) is 7.15. The summed E-state index contributed by atoms with van der Waals surface area (Å²) in [6.45, 7) is 0.697. The summed E-state index contributed by atoms with van der Waals surface area (Å²) in [6.07, 6.45) is 7.81. The number of benzene rings is 3. The molecular formula is C42H55NO10. The van der Waals surface area contributed by atoms with Gasteiger partial charge in [-0.15, -0.1) is 0 Å². The van der Waals surface area contributed by atoms with Gasteiger partial charge in [0.1, 0.15) is 17.9 Å². The third-order valence-electron chi connectivity index (χ3n) is 10.5. The highest BCUT2D eigenvalue weighted by atomic mass is 16.5. The first-order valence-corrected chi connectivity index (χ1v) is 18.8. The van der Waals surface area contributed by atoms with Crippen LogP contribution >= 0.6 is 0 Å². The van der Waals surface area contributed by atoms with Gasteiger partial charge in [-0.25, -0.2) is 4.79 Å². The summed E-state index contributed by atoms with van der Waals surface area (Å²) in [7, 11) is 6.28. The zero-order chi connectivity index (χ0) is 37.7. The van der Waals surface area contributed by atoms with Crippen LogP contribution in [0.2, 0.25) is 0 Å². The second kappa shape index (κ2) is 19.4. The van der Waals surface area contributed by atoms with E-state index in [9.17, 15) is 19.8 Å². The molecule has 0 radical (unpaired) electrons. The number of carbonyl (C=O) groups excluding carboxylic acids is 2. The van der Waals surface area contributed by atoms with Crippen molar-refractivity contribution in [1.29, 1.82) is 0 Å². The molecule has 288 valence electrons. The summed E-state index contributed by atoms with van der Waals surface area (Å²) < 4.78 is 34.7. The number of amides is 1. The molecular weight excluding hydrogens is 678 g/mol. The molecule has 11 heteroatoms. The predicted molar refractivity (Wildman–Crippen MR) is 200 cm³/mol. The summed E-state index contributed by atoms with van der Waals surface area (Å²) in [5.41, 5.74) is 2.40. The SMILES string of the molecule is COc1ccc(CCC(OC(=O)C2CCCCN2C(=O)C(c2cc(OC)c(OC)c(OCCCO)c2)C2CCCCC2)c2cccc(O)c2)cc1OC. The molecule has 2 N–H and O–H groups in total. The van der Waals surface area contributed by atoms with Crippen molar-refractivity contribution < 1.29 is 48.2 Å². The number of rotatable bonds is 17. The Hall–Kier alpha value is -4.64. The normalized spacial score (nSPS) is 17.4. The van der Waals surface area contributed by atoms with Gasteiger partial charge in [-0.3, -0.25) is 4.79 Å². The maximum atomic E-state index is 15.0. The third-order valence-corrected chi connectivity index (χ3v) is 10.5. The average molecular weight is 734 g/mol. The number of ether oxygens (including phenoxy) is 6. The molecule has 0 aromatic heterocycles. The van der Waals surface area contributed by atoms with Crippen molar-refractivity contribution in [2.24, 2.45) is 5.92 Å². The van der Waals surface area contributed by atoms with Crippen LogP contribution in [-0.2, 0) is 20.7 Å². The van der Waals surface area contributed by atoms with Crippen LogP contribution in [0.5, 0.6) is 34.5 Å². The fraction of sp³-hybridized carbons (Fsp3) is 0.524. The molecule has 2 aliphatic rings. The van der Waals surface area contributed by atoms with Gasteiger partial charge < -0.3 is 43.5 Å². The Morgan fingerprint density at radius 3 is 2.23 bits per heavy atom. The minimum Gasteiger partial charge on any atom is -0.508 e. The number of nitrogens with zero attached hydrogens (tertiary/aromatic N) is 1. The van der Waals surface area contributed by atoms with Crippen LogP contribution in [0, 0.1) is 5.92 Å². The molecule has 1 aliphatic heterocycles. The lowest BCUT2D eigenvalue weighted by molar-refractivity contribution is -0.163. The number of esters is 1. The summed E-state index contributed by atoms with van der Waals surface area (Å²) in [4.78, 5) is 31.0. The van der Waals surface area contributed by atoms with Gasteiger partial charge in [0.05, 0.1) is 41.0 Å². The number of carbonyl (C=O) groups is 2. The lowest BCUT2D eigenvalue weighted by Crippen LogP contribution is -2.51. The van der Waals surface area contributed by atoms with Gasteiger partial charge in [0.2, 0.25) is 11.7 Å². The molecule has 3 aromatic rings. The Morgan fingerprint density at radius 1 is 0.792 bits per heavy atom. The fourth-order valence-electron chi connectivity index (χ4n) is 7.76. The highest BCUT2D eigenvalue weighted by Gasteiger charge is 2.41. The molecule has 0 spiro atoms. The molecule has 3 unspecified atom stereocenters. The van der Waals surface area contributed by atoms with Gasteiger partial charge in [0.25, 0.3) is 0 Å². The fourth-order valence-corrected chi connectivity index (χ4v) is 7.76. The summed E-state index contributed by atoms with van der Waals surface area (Å²) >= 11 is 0. The number of aromatic hydroxyl groups is 1. The summed E-state index contributed by atoms with van der Waals surface area (Å²) in [5, 5.41) is 19.7. The van der Waals surface area contributed by atoms with E-state index in [0.29, 0.717) is 66.5 Å². The maximum absolute atomic E-state index is 15.0. The Bertz CT molecular complexity index is 1650. The Balaban J connectivity index is 1.44. The highest BCUT2D eigenvalue weighted by Crippen LogP contribution is 2.45. The minimum atomic E-state index is -0.761. The average Bonchev–Trinajstić information content (AvgIpc) is 3.19. The number of phenolic OH excluding ortho intramolecular Hbond substituents is 1. The van der Waals surface area contributed by atoms with E-state index in [2.05, 4.69) is 0 Å². The molecule has 1 heterocycles. The minimum absolute atomic E-state index is 0.0166. The second-order valence-electron chi connectivity index (χ2n) is 13.8. The van der Waals surface area contributed by atoms with Crippen LogP contribution in [0.4, 0.5) is 0 Å². The molecule has 1 saturated heterocycles. The standard InChI is InChI=1S/C42H55NO10/c1-48-35-20-18-28(24-36(35)49-2)17-19-34(30-14-10-15-32(45)25-30)53-42(47)33-16-8-9-21-43(33)41(46)39(29-12-6-5-7-13-29)31-26-37(50-3)40(51-4)38(27-31)52-23-11-22-44/h10,14-15,18,20,24-27,29,33-34,39,44-45H,5-9,11-13,16-17,19,21-23H2,1-4H3. The van der Waals surface area contributed by atoms with Crippen LogP contribution in [0.3, 0.4) is 0 Å². The van der Waals surface area contributed by atoms with Crippen molar-refractivity contribution in [3.63, 3.8) is 0 Å². The van der Waals surface area contributed by atoms with Crippen molar-refractivity contribution >= 4 is 11.9 Å². The number of hydrogen-bond donors (Lipinski definition) is 2. The summed E-state index contributed by atoms with van der Waals surface area (Å²) in [5.74, 6) is 1.61. The molecule has 53 heavy (non-hydrogen) atoms. The molecule has 3 aromatic carbocycles. The molecule has 1 aliphatic carbocycles. The van der Waals surface area contributed by atoms with Crippen LogP contribution in [0.25, 0.3) is 0 Å². The van der Waals surface area contributed by atoms with Crippen LogP contribution in [0.1, 0.15) is 92.9 Å². The van der Waals surface area contributed by atoms with Gasteiger partial charge in [0.15, 0.2) is 23.0 Å². The monoisotopic (exact) mass is 733 g/mol. The van der Waals surface area contributed by atoms with Gasteiger partial charge in [-0.05, 0) is 104 Å². The van der Waals surface area contributed by atoms with Crippen molar-refractivity contribution in [2.45, 2.75) is 88.7 Å². The zero-order valence-corrected chi connectivity index (χ0v) is 31.5. The van der Waals surface area contributed by atoms with Gasteiger partial charge in [0, 0.05) is 19.6 Å². The van der Waals surface area contributed by atoms with E-state index < -0.39 is 24.0 Å². The van der Waals surface area contributed by atoms with Crippen LogP contribution < -0.4 is 23.7 Å². The van der Waals surface area contributed by atoms with E-state index in [1.54, 1.807) is 51.5 Å². The van der Waals surface area contributed by atoms with E-state index in [1.807, 2.05) is 36.4 Å². The van der Waals surface area contributed by atoms with E-state index >= 15 is 0 Å². The Kier molecular flexibility index (Phi) is 14.5. The second-order valence-corrected chi connectivity index (χ2v) is 13.8. The highest BCUT2D eigenvalue weighted by molar-refractivity contribution is 5.89. The number of likely N-dealkylation sites (tertiary alicyclic amines) is 1. The zero-order valence-electron chi connectivity index (χ0n) is 31.5. The first kappa shape index (κ1) is 39.6. The maximum Gasteiger partial charge on any atom is 0.329 e. The molecule has 5 rings (SSSR count). The Morgan fingerprint density at radius 2 is 1.53 bits per heavy atom. The number of aliphatic hydroxyl groups excluding tert-OH is 1. The molecule has 3 atom stereocenters. The topological polar surface area (TPSA) is 133 Å². The van der Waals surface area contributed by atoms with Crippen molar-refractivity contribution in [1.82, 2.24) is 4.90 Å². The molecule has 11 nitrogen and oxygen atoms in total. The quantitative estimate of drug-likeness (QED) is 0.109. The first-order valence-electron chi connectivity index (χ1n) is 18.8.